The Morgan fingerprint density at radius 2 is 2.35 bits per heavy atom. The molecule has 6 heteroatoms. The van der Waals surface area contributed by atoms with Crippen molar-refractivity contribution in [2.75, 3.05) is 12.3 Å². The third kappa shape index (κ3) is 1.49. The van der Waals surface area contributed by atoms with Gasteiger partial charge in [0.05, 0.1) is 19.0 Å². The average molecular weight is 231 g/mol. The van der Waals surface area contributed by atoms with E-state index in [0.29, 0.717) is 11.3 Å². The maximum atomic E-state index is 8.93. The fourth-order valence-electron chi connectivity index (χ4n) is 2.21. The minimum atomic E-state index is 0.0790. The Morgan fingerprint density at radius 3 is 3.06 bits per heavy atom. The van der Waals surface area contributed by atoms with E-state index in [9.17, 15) is 0 Å². The molecule has 2 aromatic heterocycles. The molecule has 1 aliphatic rings. The van der Waals surface area contributed by atoms with Gasteiger partial charge >= 0.3 is 0 Å². The van der Waals surface area contributed by atoms with E-state index in [2.05, 4.69) is 15.0 Å². The van der Waals surface area contributed by atoms with Gasteiger partial charge in [0.15, 0.2) is 11.5 Å². The summed E-state index contributed by atoms with van der Waals surface area (Å²) < 4.78 is 2.00. The predicted octanol–water partition coefficient (Wildman–Crippen LogP) is 0.662. The summed E-state index contributed by atoms with van der Waals surface area (Å²) in [5.41, 5.74) is 8.36. The first kappa shape index (κ1) is 10.2. The third-order valence-electron chi connectivity index (χ3n) is 3.21. The first-order valence-electron chi connectivity index (χ1n) is 5.54. The number of nitrogen functional groups attached to an aromatic ring is 1. The van der Waals surface area contributed by atoms with Gasteiger partial charge in [0.2, 0.25) is 0 Å². The fraction of sp³-hybridized carbons (Fsp3) is 0.364. The van der Waals surface area contributed by atoms with Gasteiger partial charge in [-0.1, -0.05) is 6.08 Å². The molecule has 1 atom stereocenters. The van der Waals surface area contributed by atoms with E-state index >= 15 is 0 Å². The number of imidazole rings is 1. The molecule has 3 rings (SSSR count). The molecule has 88 valence electrons. The highest BCUT2D eigenvalue weighted by Gasteiger charge is 2.27. The van der Waals surface area contributed by atoms with Crippen molar-refractivity contribution in [3.05, 3.63) is 24.3 Å². The Hall–Kier alpha value is -1.95. The van der Waals surface area contributed by atoms with Crippen molar-refractivity contribution in [1.82, 2.24) is 19.5 Å². The highest BCUT2D eigenvalue weighted by Crippen LogP contribution is 2.39. The Kier molecular flexibility index (Phi) is 2.29. The van der Waals surface area contributed by atoms with E-state index in [-0.39, 0.29) is 12.6 Å². The molecule has 0 aromatic carbocycles. The number of aliphatic hydroxyl groups excluding tert-OH is 1. The molecule has 6 nitrogen and oxygen atoms in total. The van der Waals surface area contributed by atoms with E-state index in [0.717, 1.165) is 18.5 Å². The molecule has 0 amide bonds. The normalized spacial score (nSPS) is 21.9. The lowest BCUT2D eigenvalue weighted by molar-refractivity contribution is 0.334. The van der Waals surface area contributed by atoms with E-state index in [1.54, 1.807) is 6.33 Å². The van der Waals surface area contributed by atoms with E-state index < -0.39 is 0 Å². The Morgan fingerprint density at radius 1 is 1.47 bits per heavy atom. The minimum Gasteiger partial charge on any atom is -0.392 e. The van der Waals surface area contributed by atoms with Gasteiger partial charge in [-0.3, -0.25) is 0 Å². The van der Waals surface area contributed by atoms with Crippen LogP contribution >= 0.6 is 0 Å². The van der Waals surface area contributed by atoms with Crippen LogP contribution in [0, 0.1) is 0 Å². The van der Waals surface area contributed by atoms with Crippen LogP contribution in [0.2, 0.25) is 0 Å². The third-order valence-corrected chi connectivity index (χ3v) is 3.21. The second-order valence-corrected chi connectivity index (χ2v) is 4.10. The zero-order valence-electron chi connectivity index (χ0n) is 9.24. The summed E-state index contributed by atoms with van der Waals surface area (Å²) in [6.07, 6.45) is 7.10. The summed E-state index contributed by atoms with van der Waals surface area (Å²) in [5, 5.41) is 8.93. The highest BCUT2D eigenvalue weighted by molar-refractivity contribution is 5.81. The van der Waals surface area contributed by atoms with E-state index in [4.69, 9.17) is 10.8 Å². The lowest BCUT2D eigenvalue weighted by Crippen LogP contribution is -2.20. The number of allylic oxidation sites excluding steroid dienone is 1. The molecule has 0 saturated heterocycles. The molecule has 1 unspecified atom stereocenters. The Labute approximate surface area is 97.8 Å². The number of fused-ring (bicyclic) bond motifs is 1. The lowest BCUT2D eigenvalue weighted by atomic mass is 9.85. The van der Waals surface area contributed by atoms with Gasteiger partial charge in [0.1, 0.15) is 11.8 Å². The quantitative estimate of drug-likeness (QED) is 0.741. The van der Waals surface area contributed by atoms with Crippen LogP contribution in [0.15, 0.2) is 24.3 Å². The van der Waals surface area contributed by atoms with Crippen molar-refractivity contribution in [1.29, 1.82) is 0 Å². The number of nitrogens with zero attached hydrogens (tertiary/aromatic N) is 4. The van der Waals surface area contributed by atoms with Crippen molar-refractivity contribution in [3.63, 3.8) is 0 Å². The predicted molar refractivity (Wildman–Crippen MR) is 63.2 cm³/mol. The molecule has 2 heterocycles. The highest BCUT2D eigenvalue weighted by atomic mass is 16.2. The van der Waals surface area contributed by atoms with Crippen molar-refractivity contribution in [2.45, 2.75) is 18.9 Å². The van der Waals surface area contributed by atoms with E-state index in [1.165, 1.54) is 11.9 Å². The largest absolute Gasteiger partial charge is 0.392 e. The Balaban J connectivity index is 2.07. The second-order valence-electron chi connectivity index (χ2n) is 4.10. The maximum Gasteiger partial charge on any atom is 0.165 e. The molecule has 0 radical (unpaired) electrons. The van der Waals surface area contributed by atoms with Gasteiger partial charge < -0.3 is 15.4 Å². The number of anilines is 1. The van der Waals surface area contributed by atoms with Crippen molar-refractivity contribution in [2.24, 2.45) is 0 Å². The van der Waals surface area contributed by atoms with Gasteiger partial charge in [-0.05, 0) is 18.4 Å². The zero-order valence-corrected chi connectivity index (χ0v) is 9.24. The van der Waals surface area contributed by atoms with Crippen molar-refractivity contribution in [3.8, 4) is 0 Å². The Bertz CT molecular complexity index is 589. The molecule has 3 N–H and O–H groups in total. The molecule has 17 heavy (non-hydrogen) atoms. The van der Waals surface area contributed by atoms with Gasteiger partial charge in [-0.25, -0.2) is 15.0 Å². The SMILES string of the molecule is Nc1ncnc2c1ncn2C1CC/C1=C/CO. The van der Waals surface area contributed by atoms with E-state index in [1.807, 2.05) is 10.6 Å². The molecule has 0 aliphatic heterocycles. The summed E-state index contributed by atoms with van der Waals surface area (Å²) in [6, 6.07) is 0.251. The zero-order chi connectivity index (χ0) is 11.8. The van der Waals surface area contributed by atoms with Crippen molar-refractivity contribution < 1.29 is 5.11 Å². The number of hydrogen-bond donors (Lipinski definition) is 2. The van der Waals surface area contributed by atoms with Crippen LogP contribution < -0.4 is 5.73 Å². The van der Waals surface area contributed by atoms with Crippen LogP contribution in [0.3, 0.4) is 0 Å². The summed E-state index contributed by atoms with van der Waals surface area (Å²) >= 11 is 0. The molecule has 0 bridgehead atoms. The van der Waals surface area contributed by atoms with Crippen LogP contribution in [0.25, 0.3) is 11.2 Å². The fourth-order valence-corrected chi connectivity index (χ4v) is 2.21. The summed E-state index contributed by atoms with van der Waals surface area (Å²) in [5.74, 6) is 0.403. The van der Waals surface area contributed by atoms with Gasteiger partial charge in [-0.2, -0.15) is 0 Å². The first-order chi connectivity index (χ1) is 8.31. The second kappa shape index (κ2) is 3.81. The minimum absolute atomic E-state index is 0.0790. The molecule has 2 aromatic rings. The van der Waals surface area contributed by atoms with Crippen LogP contribution in [0.1, 0.15) is 18.9 Å². The van der Waals surface area contributed by atoms with Crippen LogP contribution in [-0.4, -0.2) is 31.2 Å². The summed E-state index contributed by atoms with van der Waals surface area (Å²) in [6.45, 7) is 0.0790. The number of aromatic nitrogens is 4. The molecular formula is C11H13N5O. The smallest absolute Gasteiger partial charge is 0.165 e. The summed E-state index contributed by atoms with van der Waals surface area (Å²) in [7, 11) is 0. The standard InChI is InChI=1S/C11H13N5O/c12-10-9-11(14-5-13-10)16(6-15-9)8-2-1-7(8)3-4-17/h3,5-6,8,17H,1-2,4H2,(H2,12,13,14)/b7-3-. The number of rotatable bonds is 2. The molecule has 0 spiro atoms. The van der Waals surface area contributed by atoms with Gasteiger partial charge in [0.25, 0.3) is 0 Å². The number of hydrogen-bond acceptors (Lipinski definition) is 5. The van der Waals surface area contributed by atoms with Gasteiger partial charge in [0, 0.05) is 0 Å². The van der Waals surface area contributed by atoms with Gasteiger partial charge in [-0.15, -0.1) is 0 Å². The number of nitrogens with two attached hydrogens (primary N) is 1. The van der Waals surface area contributed by atoms with Crippen LogP contribution in [0.4, 0.5) is 5.82 Å². The molecular weight excluding hydrogens is 218 g/mol. The van der Waals surface area contributed by atoms with Crippen LogP contribution in [-0.2, 0) is 0 Å². The lowest BCUT2D eigenvalue weighted by Gasteiger charge is -2.31. The average Bonchev–Trinajstić information content (AvgIpc) is 2.70. The first-order valence-corrected chi connectivity index (χ1v) is 5.54. The molecule has 1 fully saturated rings. The maximum absolute atomic E-state index is 8.93. The molecule has 1 saturated carbocycles. The monoisotopic (exact) mass is 231 g/mol. The van der Waals surface area contributed by atoms with Crippen LogP contribution in [0.5, 0.6) is 0 Å². The topological polar surface area (TPSA) is 89.9 Å². The summed E-state index contributed by atoms with van der Waals surface area (Å²) in [4.78, 5) is 12.4. The molecule has 1 aliphatic carbocycles. The van der Waals surface area contributed by atoms with Crippen molar-refractivity contribution >= 4 is 17.0 Å². The number of aliphatic hydroxyl groups is 1.